The lowest BCUT2D eigenvalue weighted by Gasteiger charge is -2.40. The third kappa shape index (κ3) is 3.49. The van der Waals surface area contributed by atoms with Crippen molar-refractivity contribution >= 4 is 33.2 Å². The Bertz CT molecular complexity index is 1270. The van der Waals surface area contributed by atoms with E-state index in [-0.39, 0.29) is 17.9 Å². The van der Waals surface area contributed by atoms with E-state index in [9.17, 15) is 18.0 Å². The lowest BCUT2D eigenvalue weighted by molar-refractivity contribution is -0.132. The first-order valence-electron chi connectivity index (χ1n) is 11.8. The molecule has 8 nitrogen and oxygen atoms in total. The molecule has 2 aromatic rings. The summed E-state index contributed by atoms with van der Waals surface area (Å²) < 4.78 is 28.7. The zero-order chi connectivity index (χ0) is 24.2. The van der Waals surface area contributed by atoms with Crippen molar-refractivity contribution in [1.29, 1.82) is 0 Å². The van der Waals surface area contributed by atoms with E-state index >= 15 is 0 Å². The number of carbonyl (C=O) groups is 2. The third-order valence-corrected chi connectivity index (χ3v) is 9.17. The van der Waals surface area contributed by atoms with Crippen LogP contribution in [0.1, 0.15) is 43.0 Å². The smallest absolute Gasteiger partial charge is 0.264 e. The van der Waals surface area contributed by atoms with Crippen molar-refractivity contribution in [2.45, 2.75) is 37.6 Å². The summed E-state index contributed by atoms with van der Waals surface area (Å²) in [6.45, 7) is 6.56. The maximum Gasteiger partial charge on any atom is 0.264 e. The molecule has 0 saturated carbocycles. The minimum Gasteiger partial charge on any atom is -0.340 e. The molecule has 180 valence electrons. The predicted molar refractivity (Wildman–Crippen MR) is 130 cm³/mol. The van der Waals surface area contributed by atoms with Crippen LogP contribution in [0.4, 0.5) is 11.4 Å². The second kappa shape index (κ2) is 8.39. The van der Waals surface area contributed by atoms with Gasteiger partial charge in [0, 0.05) is 58.8 Å². The lowest BCUT2D eigenvalue weighted by atomic mass is 9.92. The van der Waals surface area contributed by atoms with Gasteiger partial charge in [0.2, 0.25) is 11.8 Å². The van der Waals surface area contributed by atoms with Gasteiger partial charge in [0.25, 0.3) is 10.0 Å². The van der Waals surface area contributed by atoms with Gasteiger partial charge in [0.15, 0.2) is 0 Å². The Morgan fingerprint density at radius 2 is 1.68 bits per heavy atom. The van der Waals surface area contributed by atoms with Crippen LogP contribution in [0.25, 0.3) is 0 Å². The van der Waals surface area contributed by atoms with Crippen molar-refractivity contribution in [1.82, 2.24) is 9.80 Å². The minimum atomic E-state index is -3.79. The van der Waals surface area contributed by atoms with Crippen molar-refractivity contribution in [3.8, 4) is 0 Å². The Kier molecular flexibility index (Phi) is 5.64. The van der Waals surface area contributed by atoms with E-state index < -0.39 is 10.0 Å². The first kappa shape index (κ1) is 22.9. The third-order valence-electron chi connectivity index (χ3n) is 7.32. The molecular formula is C25H30N4O4S. The average molecular weight is 483 g/mol. The number of hydrogen-bond acceptors (Lipinski definition) is 5. The molecule has 2 amide bonds. The quantitative estimate of drug-likeness (QED) is 0.657. The second-order valence-electron chi connectivity index (χ2n) is 9.14. The summed E-state index contributed by atoms with van der Waals surface area (Å²) in [6, 6.07) is 10.9. The monoisotopic (exact) mass is 482 g/mol. The number of nitrogens with zero attached hydrogens (tertiary/aromatic N) is 4. The summed E-state index contributed by atoms with van der Waals surface area (Å²) in [6.07, 6.45) is 1.22. The molecule has 9 heteroatoms. The van der Waals surface area contributed by atoms with E-state index in [4.69, 9.17) is 0 Å². The fourth-order valence-corrected chi connectivity index (χ4v) is 6.94. The summed E-state index contributed by atoms with van der Waals surface area (Å²) in [7, 11) is -2.20. The number of fused-ring (bicyclic) bond motifs is 3. The van der Waals surface area contributed by atoms with Crippen LogP contribution < -0.4 is 9.21 Å². The van der Waals surface area contributed by atoms with Crippen LogP contribution in [-0.2, 0) is 26.0 Å². The molecule has 1 unspecified atom stereocenters. The van der Waals surface area contributed by atoms with Crippen LogP contribution >= 0.6 is 0 Å². The number of hydrogen-bond donors (Lipinski definition) is 0. The van der Waals surface area contributed by atoms with Crippen molar-refractivity contribution in [2.24, 2.45) is 0 Å². The number of sulfonamides is 1. The van der Waals surface area contributed by atoms with E-state index in [1.165, 1.54) is 11.2 Å². The van der Waals surface area contributed by atoms with E-state index in [1.807, 2.05) is 30.0 Å². The molecule has 1 atom stereocenters. The summed E-state index contributed by atoms with van der Waals surface area (Å²) >= 11 is 0. The maximum absolute atomic E-state index is 13.7. The summed E-state index contributed by atoms with van der Waals surface area (Å²) in [4.78, 5) is 30.6. The SMILES string of the molecule is CCC(=O)N1CCN(C2c3cc4c(cc3N(C)S(=O)(=O)c3ccccc32)N(C(C)=O)CC4)CC1. The minimum absolute atomic E-state index is 0.0469. The highest BCUT2D eigenvalue weighted by Crippen LogP contribution is 2.46. The largest absolute Gasteiger partial charge is 0.340 e. The zero-order valence-electron chi connectivity index (χ0n) is 19.8. The predicted octanol–water partition coefficient (Wildman–Crippen LogP) is 2.38. The number of anilines is 2. The van der Waals surface area contributed by atoms with Crippen molar-refractivity contribution in [3.05, 3.63) is 53.1 Å². The zero-order valence-corrected chi connectivity index (χ0v) is 20.6. The van der Waals surface area contributed by atoms with Crippen LogP contribution in [0.5, 0.6) is 0 Å². The summed E-state index contributed by atoms with van der Waals surface area (Å²) in [5, 5.41) is 0. The maximum atomic E-state index is 13.7. The molecule has 1 saturated heterocycles. The number of rotatable bonds is 2. The van der Waals surface area contributed by atoms with Gasteiger partial charge >= 0.3 is 0 Å². The molecule has 0 N–H and O–H groups in total. The van der Waals surface area contributed by atoms with Gasteiger partial charge in [-0.25, -0.2) is 8.42 Å². The first-order valence-corrected chi connectivity index (χ1v) is 13.2. The van der Waals surface area contributed by atoms with E-state index in [0.29, 0.717) is 49.7 Å². The molecule has 0 spiro atoms. The molecule has 3 aliphatic rings. The standard InChI is InChI=1S/C25H30N4O4S/c1-4-24(31)27-11-13-28(14-12-27)25-19-7-5-6-8-23(19)34(32,33)26(3)22-16-21-18(15-20(22)25)9-10-29(21)17(2)30/h5-8,15-16,25H,4,9-14H2,1-3H3. The molecule has 3 heterocycles. The van der Waals surface area contributed by atoms with Crippen LogP contribution in [0.15, 0.2) is 41.3 Å². The molecule has 0 aromatic heterocycles. The van der Waals surface area contributed by atoms with Crippen LogP contribution in [0.3, 0.4) is 0 Å². The fraction of sp³-hybridized carbons (Fsp3) is 0.440. The van der Waals surface area contributed by atoms with Crippen LogP contribution in [-0.4, -0.2) is 69.8 Å². The Hall–Kier alpha value is -2.91. The average Bonchev–Trinajstić information content (AvgIpc) is 3.24. The van der Waals surface area contributed by atoms with Crippen molar-refractivity contribution in [2.75, 3.05) is 49.0 Å². The Labute approximate surface area is 200 Å². The number of benzene rings is 2. The van der Waals surface area contributed by atoms with Gasteiger partial charge in [-0.05, 0) is 41.3 Å². The first-order chi connectivity index (χ1) is 16.2. The van der Waals surface area contributed by atoms with Gasteiger partial charge < -0.3 is 9.80 Å². The topological polar surface area (TPSA) is 81.2 Å². The van der Waals surface area contributed by atoms with Crippen LogP contribution in [0.2, 0.25) is 0 Å². The molecule has 2 aromatic carbocycles. The van der Waals surface area contributed by atoms with E-state index in [0.717, 1.165) is 28.8 Å². The molecule has 0 radical (unpaired) electrons. The molecule has 0 aliphatic carbocycles. The second-order valence-corrected chi connectivity index (χ2v) is 11.1. The Balaban J connectivity index is 1.67. The lowest BCUT2D eigenvalue weighted by Crippen LogP contribution is -2.49. The van der Waals surface area contributed by atoms with Gasteiger partial charge in [-0.1, -0.05) is 25.1 Å². The molecule has 5 rings (SSSR count). The molecule has 3 aliphatic heterocycles. The van der Waals surface area contributed by atoms with Gasteiger partial charge in [-0.15, -0.1) is 0 Å². The highest BCUT2D eigenvalue weighted by atomic mass is 32.2. The Morgan fingerprint density at radius 1 is 0.971 bits per heavy atom. The van der Waals surface area contributed by atoms with Crippen LogP contribution in [0, 0.1) is 0 Å². The molecular weight excluding hydrogens is 452 g/mol. The highest BCUT2D eigenvalue weighted by molar-refractivity contribution is 7.92. The van der Waals surface area contributed by atoms with Gasteiger partial charge in [-0.3, -0.25) is 18.8 Å². The summed E-state index contributed by atoms with van der Waals surface area (Å²) in [5.41, 5.74) is 4.13. The van der Waals surface area contributed by atoms with Crippen molar-refractivity contribution in [3.63, 3.8) is 0 Å². The van der Waals surface area contributed by atoms with Gasteiger partial charge in [0.1, 0.15) is 0 Å². The normalized spacial score (nSPS) is 21.5. The van der Waals surface area contributed by atoms with E-state index in [2.05, 4.69) is 11.0 Å². The number of carbonyl (C=O) groups excluding carboxylic acids is 2. The highest BCUT2D eigenvalue weighted by Gasteiger charge is 2.40. The Morgan fingerprint density at radius 3 is 2.35 bits per heavy atom. The molecule has 1 fully saturated rings. The fourth-order valence-electron chi connectivity index (χ4n) is 5.50. The van der Waals surface area contributed by atoms with Gasteiger partial charge in [0.05, 0.1) is 16.6 Å². The van der Waals surface area contributed by atoms with Crippen molar-refractivity contribution < 1.29 is 18.0 Å². The van der Waals surface area contributed by atoms with Gasteiger partial charge in [-0.2, -0.15) is 0 Å². The summed E-state index contributed by atoms with van der Waals surface area (Å²) in [5.74, 6) is 0.0974. The number of amides is 2. The molecule has 34 heavy (non-hydrogen) atoms. The number of piperazine rings is 1. The molecule has 0 bridgehead atoms. The van der Waals surface area contributed by atoms with E-state index in [1.54, 1.807) is 24.1 Å².